The van der Waals surface area contributed by atoms with Gasteiger partial charge in [-0.2, -0.15) is 0 Å². The average molecular weight is 253 g/mol. The minimum atomic E-state index is 0.0792. The van der Waals surface area contributed by atoms with Gasteiger partial charge in [0, 0.05) is 11.4 Å². The Morgan fingerprint density at radius 1 is 1.53 bits per heavy atom. The van der Waals surface area contributed by atoms with Crippen LogP contribution >= 0.6 is 11.3 Å². The first-order chi connectivity index (χ1) is 8.11. The number of thiazole rings is 1. The molecule has 1 fully saturated rings. The van der Waals surface area contributed by atoms with E-state index < -0.39 is 0 Å². The molecule has 2 heterocycles. The summed E-state index contributed by atoms with van der Waals surface area (Å²) in [5.41, 5.74) is 1.35. The van der Waals surface area contributed by atoms with Crippen molar-refractivity contribution >= 4 is 11.3 Å². The van der Waals surface area contributed by atoms with Gasteiger partial charge in [0.15, 0.2) is 0 Å². The maximum absolute atomic E-state index is 4.86. The van der Waals surface area contributed by atoms with Gasteiger partial charge in [-0.25, -0.2) is 4.98 Å². The van der Waals surface area contributed by atoms with Crippen molar-refractivity contribution in [2.45, 2.75) is 38.6 Å². The molecule has 1 saturated heterocycles. The van der Waals surface area contributed by atoms with Crippen LogP contribution < -0.4 is 5.32 Å². The van der Waals surface area contributed by atoms with E-state index in [-0.39, 0.29) is 5.54 Å². The molecule has 1 aromatic rings. The Hall–Kier alpha value is -0.450. The van der Waals surface area contributed by atoms with Gasteiger partial charge in [0.25, 0.3) is 0 Å². The molecule has 17 heavy (non-hydrogen) atoms. The minimum Gasteiger partial charge on any atom is -0.307 e. The van der Waals surface area contributed by atoms with Gasteiger partial charge in [0.05, 0.1) is 11.2 Å². The van der Waals surface area contributed by atoms with Gasteiger partial charge in [-0.05, 0) is 46.8 Å². The molecule has 2 rings (SSSR count). The summed E-state index contributed by atoms with van der Waals surface area (Å²) in [4.78, 5) is 8.64. The van der Waals surface area contributed by atoms with Crippen LogP contribution in [0.15, 0.2) is 0 Å². The zero-order valence-electron chi connectivity index (χ0n) is 11.3. The second kappa shape index (κ2) is 5.04. The second-order valence-corrected chi connectivity index (χ2v) is 6.25. The van der Waals surface area contributed by atoms with Gasteiger partial charge < -0.3 is 10.2 Å². The van der Waals surface area contributed by atoms with Gasteiger partial charge in [0.2, 0.25) is 0 Å². The number of hydrogen-bond acceptors (Lipinski definition) is 4. The quantitative estimate of drug-likeness (QED) is 0.894. The lowest BCUT2D eigenvalue weighted by molar-refractivity contribution is 0.151. The van der Waals surface area contributed by atoms with Gasteiger partial charge in [-0.3, -0.25) is 0 Å². The molecule has 0 aliphatic carbocycles. The molecule has 1 aliphatic heterocycles. The highest BCUT2D eigenvalue weighted by molar-refractivity contribution is 7.11. The van der Waals surface area contributed by atoms with Gasteiger partial charge in [-0.1, -0.05) is 6.92 Å². The molecule has 0 saturated carbocycles. The molecule has 1 aliphatic rings. The van der Waals surface area contributed by atoms with Crippen LogP contribution in [0.3, 0.4) is 0 Å². The third-order valence-corrected chi connectivity index (χ3v) is 5.02. The monoisotopic (exact) mass is 253 g/mol. The van der Waals surface area contributed by atoms with Crippen molar-refractivity contribution in [1.82, 2.24) is 15.2 Å². The molecule has 3 nitrogen and oxygen atoms in total. The predicted octanol–water partition coefficient (Wildman–Crippen LogP) is 2.15. The standard InChI is InChI=1S/C13H23N3S/c1-5-11-10(2)17-12(15-11)13(14-3)7-6-8-16(4)9-13/h14H,5-9H2,1-4H3. The normalized spacial score (nSPS) is 26.4. The van der Waals surface area contributed by atoms with Crippen molar-refractivity contribution < 1.29 is 0 Å². The van der Waals surface area contributed by atoms with Crippen molar-refractivity contribution in [2.24, 2.45) is 0 Å². The van der Waals surface area contributed by atoms with Crippen LogP contribution in [0.5, 0.6) is 0 Å². The molecular weight excluding hydrogens is 230 g/mol. The van der Waals surface area contributed by atoms with Crippen molar-refractivity contribution in [3.8, 4) is 0 Å². The third-order valence-electron chi connectivity index (χ3n) is 3.80. The predicted molar refractivity (Wildman–Crippen MR) is 73.7 cm³/mol. The van der Waals surface area contributed by atoms with E-state index >= 15 is 0 Å². The number of aryl methyl sites for hydroxylation is 2. The van der Waals surface area contributed by atoms with E-state index in [1.54, 1.807) is 0 Å². The molecular formula is C13H23N3S. The SMILES string of the molecule is CCc1nc(C2(NC)CCCN(C)C2)sc1C. The molecule has 4 heteroatoms. The second-order valence-electron chi connectivity index (χ2n) is 5.05. The van der Waals surface area contributed by atoms with Gasteiger partial charge in [0.1, 0.15) is 5.01 Å². The van der Waals surface area contributed by atoms with Crippen LogP contribution in [-0.4, -0.2) is 37.1 Å². The summed E-state index contributed by atoms with van der Waals surface area (Å²) >= 11 is 1.87. The van der Waals surface area contributed by atoms with Gasteiger partial charge >= 0.3 is 0 Å². The minimum absolute atomic E-state index is 0.0792. The summed E-state index contributed by atoms with van der Waals surface area (Å²) in [7, 11) is 4.27. The van der Waals surface area contributed by atoms with Crippen molar-refractivity contribution in [3.63, 3.8) is 0 Å². The number of rotatable bonds is 3. The lowest BCUT2D eigenvalue weighted by Gasteiger charge is -2.40. The summed E-state index contributed by atoms with van der Waals surface area (Å²) in [6, 6.07) is 0. The first kappa shape index (κ1) is 13.0. The van der Waals surface area contributed by atoms with Crippen LogP contribution in [0.1, 0.15) is 35.3 Å². The lowest BCUT2D eigenvalue weighted by Crippen LogP contribution is -2.52. The molecule has 0 spiro atoms. The Morgan fingerprint density at radius 3 is 2.82 bits per heavy atom. The summed E-state index contributed by atoms with van der Waals surface area (Å²) < 4.78 is 0. The molecule has 0 amide bonds. The smallest absolute Gasteiger partial charge is 0.115 e. The van der Waals surface area contributed by atoms with Crippen LogP contribution in [0.4, 0.5) is 0 Å². The molecule has 0 bridgehead atoms. The Morgan fingerprint density at radius 2 is 2.29 bits per heavy atom. The Balaban J connectivity index is 2.33. The largest absolute Gasteiger partial charge is 0.307 e. The Labute approximate surface area is 108 Å². The molecule has 96 valence electrons. The number of aromatic nitrogens is 1. The number of nitrogens with zero attached hydrogens (tertiary/aromatic N) is 2. The Bertz CT molecular complexity index is 388. The zero-order valence-corrected chi connectivity index (χ0v) is 12.2. The number of likely N-dealkylation sites (tertiary alicyclic amines) is 1. The summed E-state index contributed by atoms with van der Waals surface area (Å²) in [6.07, 6.45) is 3.49. The van der Waals surface area contributed by atoms with E-state index in [9.17, 15) is 0 Å². The molecule has 0 radical (unpaired) electrons. The highest BCUT2D eigenvalue weighted by Crippen LogP contribution is 2.34. The third kappa shape index (κ3) is 2.39. The first-order valence-corrected chi connectivity index (χ1v) is 7.27. The van der Waals surface area contributed by atoms with E-state index in [4.69, 9.17) is 4.98 Å². The van der Waals surface area contributed by atoms with Crippen LogP contribution in [0.25, 0.3) is 0 Å². The maximum atomic E-state index is 4.86. The topological polar surface area (TPSA) is 28.2 Å². The van der Waals surface area contributed by atoms with Gasteiger partial charge in [-0.15, -0.1) is 11.3 Å². The molecule has 1 unspecified atom stereocenters. The molecule has 0 aromatic carbocycles. The van der Waals surface area contributed by atoms with E-state index in [0.29, 0.717) is 0 Å². The van der Waals surface area contributed by atoms with Crippen LogP contribution in [0.2, 0.25) is 0 Å². The summed E-state index contributed by atoms with van der Waals surface area (Å²) in [5.74, 6) is 0. The number of hydrogen-bond donors (Lipinski definition) is 1. The fourth-order valence-electron chi connectivity index (χ4n) is 2.72. The van der Waals surface area contributed by atoms with Crippen molar-refractivity contribution in [2.75, 3.05) is 27.2 Å². The average Bonchev–Trinajstić information content (AvgIpc) is 2.71. The van der Waals surface area contributed by atoms with E-state index in [0.717, 1.165) is 13.0 Å². The highest BCUT2D eigenvalue weighted by Gasteiger charge is 2.37. The number of piperidine rings is 1. The van der Waals surface area contributed by atoms with Crippen LogP contribution in [-0.2, 0) is 12.0 Å². The van der Waals surface area contributed by atoms with E-state index in [1.165, 1.54) is 35.0 Å². The fraction of sp³-hybridized carbons (Fsp3) is 0.769. The number of nitrogens with one attached hydrogen (secondary N) is 1. The first-order valence-electron chi connectivity index (χ1n) is 6.45. The summed E-state index contributed by atoms with van der Waals surface area (Å²) in [5, 5.41) is 4.81. The molecule has 1 N–H and O–H groups in total. The lowest BCUT2D eigenvalue weighted by atomic mass is 9.90. The summed E-state index contributed by atoms with van der Waals surface area (Å²) in [6.45, 7) is 6.65. The van der Waals surface area contributed by atoms with Crippen LogP contribution in [0, 0.1) is 6.92 Å². The maximum Gasteiger partial charge on any atom is 0.115 e. The fourth-order valence-corrected chi connectivity index (χ4v) is 3.93. The zero-order chi connectivity index (χ0) is 12.5. The van der Waals surface area contributed by atoms with E-state index in [2.05, 4.69) is 38.2 Å². The molecule has 1 aromatic heterocycles. The highest BCUT2D eigenvalue weighted by atomic mass is 32.1. The van der Waals surface area contributed by atoms with Crippen molar-refractivity contribution in [3.05, 3.63) is 15.6 Å². The van der Waals surface area contributed by atoms with Crippen molar-refractivity contribution in [1.29, 1.82) is 0 Å². The number of likely N-dealkylation sites (N-methyl/N-ethyl adjacent to an activating group) is 2. The van der Waals surface area contributed by atoms with E-state index in [1.807, 2.05) is 11.3 Å². The Kier molecular flexibility index (Phi) is 3.85. The molecule has 1 atom stereocenters.